The van der Waals surface area contributed by atoms with Crippen molar-refractivity contribution in [1.82, 2.24) is 4.90 Å². The second kappa shape index (κ2) is 6.61. The number of hydrogen-bond acceptors (Lipinski definition) is 4. The minimum Gasteiger partial charge on any atom is -0.497 e. The number of ether oxygens (including phenoxy) is 1. The number of hydrogen-bond donors (Lipinski definition) is 2. The Morgan fingerprint density at radius 1 is 1.40 bits per heavy atom. The SMILES string of the molecule is COc1ccc(CN2CCCC2C(C)C)cc1B(O)O. The van der Waals surface area contributed by atoms with Gasteiger partial charge in [0.15, 0.2) is 0 Å². The molecule has 1 fully saturated rings. The van der Waals surface area contributed by atoms with Gasteiger partial charge in [-0.2, -0.15) is 0 Å². The van der Waals surface area contributed by atoms with E-state index in [1.54, 1.807) is 0 Å². The van der Waals surface area contributed by atoms with E-state index in [1.165, 1.54) is 20.0 Å². The topological polar surface area (TPSA) is 52.9 Å². The summed E-state index contributed by atoms with van der Waals surface area (Å²) in [6.45, 7) is 6.50. The van der Waals surface area contributed by atoms with Crippen LogP contribution in [0.1, 0.15) is 32.3 Å². The summed E-state index contributed by atoms with van der Waals surface area (Å²) in [4.78, 5) is 2.49. The molecule has 1 saturated heterocycles. The van der Waals surface area contributed by atoms with E-state index < -0.39 is 7.12 Å². The second-order valence-corrected chi connectivity index (χ2v) is 5.87. The molecule has 1 aliphatic heterocycles. The van der Waals surface area contributed by atoms with E-state index in [1.807, 2.05) is 18.2 Å². The Morgan fingerprint density at radius 2 is 2.15 bits per heavy atom. The number of benzene rings is 1. The van der Waals surface area contributed by atoms with Crippen LogP contribution in [0.2, 0.25) is 0 Å². The summed E-state index contributed by atoms with van der Waals surface area (Å²) in [7, 11) is 0.0419. The standard InChI is InChI=1S/C15H24BNO3/c1-11(2)14-5-4-8-17(14)10-12-6-7-15(20-3)13(9-12)16(18)19/h6-7,9,11,14,18-19H,4-5,8,10H2,1-3H3. The molecule has 110 valence electrons. The van der Waals surface area contributed by atoms with Crippen LogP contribution in [0.15, 0.2) is 18.2 Å². The van der Waals surface area contributed by atoms with Crippen LogP contribution < -0.4 is 10.2 Å². The highest BCUT2D eigenvalue weighted by Gasteiger charge is 2.27. The van der Waals surface area contributed by atoms with E-state index in [9.17, 15) is 10.0 Å². The quantitative estimate of drug-likeness (QED) is 0.788. The molecule has 20 heavy (non-hydrogen) atoms. The van der Waals surface area contributed by atoms with Gasteiger partial charge < -0.3 is 14.8 Å². The van der Waals surface area contributed by atoms with Crippen molar-refractivity contribution in [2.75, 3.05) is 13.7 Å². The largest absolute Gasteiger partial charge is 0.497 e. The smallest absolute Gasteiger partial charge is 0.492 e. The van der Waals surface area contributed by atoms with Crippen LogP contribution in [0.3, 0.4) is 0 Å². The normalized spacial score (nSPS) is 19.6. The zero-order valence-electron chi connectivity index (χ0n) is 12.5. The summed E-state index contributed by atoms with van der Waals surface area (Å²) in [5, 5.41) is 18.8. The molecular weight excluding hydrogens is 253 g/mol. The van der Waals surface area contributed by atoms with Crippen LogP contribution >= 0.6 is 0 Å². The van der Waals surface area contributed by atoms with Crippen molar-refractivity contribution in [2.24, 2.45) is 5.92 Å². The maximum atomic E-state index is 9.42. The summed E-state index contributed by atoms with van der Waals surface area (Å²) in [6.07, 6.45) is 2.50. The van der Waals surface area contributed by atoms with Crippen molar-refractivity contribution < 1.29 is 14.8 Å². The molecular formula is C15H24BNO3. The van der Waals surface area contributed by atoms with Crippen molar-refractivity contribution in [3.8, 4) is 5.75 Å². The van der Waals surface area contributed by atoms with Gasteiger partial charge in [0, 0.05) is 18.0 Å². The monoisotopic (exact) mass is 277 g/mol. The molecule has 1 aromatic rings. The van der Waals surface area contributed by atoms with E-state index >= 15 is 0 Å². The van der Waals surface area contributed by atoms with Crippen LogP contribution in [0.5, 0.6) is 5.75 Å². The van der Waals surface area contributed by atoms with Crippen molar-refractivity contribution in [3.63, 3.8) is 0 Å². The van der Waals surface area contributed by atoms with Crippen LogP contribution in [0.4, 0.5) is 0 Å². The first kappa shape index (κ1) is 15.4. The number of likely N-dealkylation sites (tertiary alicyclic amines) is 1. The van der Waals surface area contributed by atoms with E-state index in [4.69, 9.17) is 4.74 Å². The molecule has 1 aromatic carbocycles. The molecule has 0 radical (unpaired) electrons. The van der Waals surface area contributed by atoms with Crippen molar-refractivity contribution in [3.05, 3.63) is 23.8 Å². The van der Waals surface area contributed by atoms with Gasteiger partial charge in [-0.3, -0.25) is 4.90 Å². The molecule has 1 heterocycles. The summed E-state index contributed by atoms with van der Waals surface area (Å²) in [6, 6.07) is 6.27. The minimum atomic E-state index is -1.50. The Bertz CT molecular complexity index is 451. The van der Waals surface area contributed by atoms with Crippen LogP contribution in [0.25, 0.3) is 0 Å². The molecule has 1 unspecified atom stereocenters. The van der Waals surface area contributed by atoms with Crippen molar-refractivity contribution >= 4 is 12.6 Å². The average molecular weight is 277 g/mol. The zero-order chi connectivity index (χ0) is 14.7. The maximum Gasteiger partial charge on any atom is 0.492 e. The first-order valence-corrected chi connectivity index (χ1v) is 7.30. The molecule has 1 aliphatic rings. The molecule has 1 atom stereocenters. The van der Waals surface area contributed by atoms with E-state index in [2.05, 4.69) is 18.7 Å². The summed E-state index contributed by atoms with van der Waals surface area (Å²) in [5.74, 6) is 1.17. The fourth-order valence-corrected chi connectivity index (χ4v) is 3.12. The number of nitrogens with zero attached hydrogens (tertiary/aromatic N) is 1. The third-order valence-electron chi connectivity index (χ3n) is 4.14. The van der Waals surface area contributed by atoms with E-state index in [-0.39, 0.29) is 0 Å². The Balaban J connectivity index is 2.15. The predicted octanol–water partition coefficient (Wildman–Crippen LogP) is 0.995. The van der Waals surface area contributed by atoms with Crippen LogP contribution in [-0.2, 0) is 6.54 Å². The van der Waals surface area contributed by atoms with Crippen molar-refractivity contribution in [1.29, 1.82) is 0 Å². The van der Waals surface area contributed by atoms with Gasteiger partial charge in [-0.05, 0) is 36.9 Å². The molecule has 0 saturated carbocycles. The van der Waals surface area contributed by atoms with Gasteiger partial charge >= 0.3 is 7.12 Å². The molecule has 0 bridgehead atoms. The van der Waals surface area contributed by atoms with Gasteiger partial charge in [0.25, 0.3) is 0 Å². The Morgan fingerprint density at radius 3 is 2.75 bits per heavy atom. The molecule has 0 spiro atoms. The fourth-order valence-electron chi connectivity index (χ4n) is 3.12. The Kier molecular flexibility index (Phi) is 5.08. The molecule has 4 nitrogen and oxygen atoms in total. The van der Waals surface area contributed by atoms with Crippen molar-refractivity contribution in [2.45, 2.75) is 39.3 Å². The third kappa shape index (κ3) is 3.34. The number of methoxy groups -OCH3 is 1. The molecule has 2 rings (SSSR count). The zero-order valence-corrected chi connectivity index (χ0v) is 12.5. The predicted molar refractivity (Wildman–Crippen MR) is 81.1 cm³/mol. The average Bonchev–Trinajstić information content (AvgIpc) is 2.87. The highest BCUT2D eigenvalue weighted by atomic mass is 16.5. The first-order chi connectivity index (χ1) is 9.52. The lowest BCUT2D eigenvalue weighted by Crippen LogP contribution is -2.34. The van der Waals surface area contributed by atoms with E-state index in [0.717, 1.165) is 18.7 Å². The number of rotatable bonds is 5. The summed E-state index contributed by atoms with van der Waals surface area (Å²) in [5.41, 5.74) is 1.53. The second-order valence-electron chi connectivity index (χ2n) is 5.87. The molecule has 2 N–H and O–H groups in total. The van der Waals surface area contributed by atoms with Gasteiger partial charge in [-0.25, -0.2) is 0 Å². The minimum absolute atomic E-state index is 0.435. The molecule has 5 heteroatoms. The highest BCUT2D eigenvalue weighted by molar-refractivity contribution is 6.59. The fraction of sp³-hybridized carbons (Fsp3) is 0.600. The van der Waals surface area contributed by atoms with Crippen LogP contribution in [-0.4, -0.2) is 41.8 Å². The van der Waals surface area contributed by atoms with Gasteiger partial charge in [0.05, 0.1) is 7.11 Å². The lowest BCUT2D eigenvalue weighted by atomic mass is 9.78. The first-order valence-electron chi connectivity index (χ1n) is 7.30. The highest BCUT2D eigenvalue weighted by Crippen LogP contribution is 2.25. The van der Waals surface area contributed by atoms with Gasteiger partial charge in [-0.1, -0.05) is 26.0 Å². The van der Waals surface area contributed by atoms with E-state index in [0.29, 0.717) is 23.2 Å². The lowest BCUT2D eigenvalue weighted by Gasteiger charge is -2.27. The Labute approximate surface area is 121 Å². The molecule has 0 aromatic heterocycles. The molecule has 0 amide bonds. The third-order valence-corrected chi connectivity index (χ3v) is 4.14. The molecule has 0 aliphatic carbocycles. The summed E-state index contributed by atoms with van der Waals surface area (Å²) < 4.78 is 5.16. The lowest BCUT2D eigenvalue weighted by molar-refractivity contribution is 0.199. The van der Waals surface area contributed by atoms with Gasteiger partial charge in [0.1, 0.15) is 5.75 Å². The Hall–Kier alpha value is -1.04. The van der Waals surface area contributed by atoms with Gasteiger partial charge in [-0.15, -0.1) is 0 Å². The van der Waals surface area contributed by atoms with Crippen LogP contribution in [0, 0.1) is 5.92 Å². The maximum absolute atomic E-state index is 9.42. The van der Waals surface area contributed by atoms with Gasteiger partial charge in [0.2, 0.25) is 0 Å². The summed E-state index contributed by atoms with van der Waals surface area (Å²) >= 11 is 0.